The third-order valence-corrected chi connectivity index (χ3v) is 3.20. The van der Waals surface area contributed by atoms with E-state index in [4.69, 9.17) is 0 Å². The minimum Gasteiger partial charge on any atom is -0.296 e. The number of benzene rings is 2. The molecule has 0 radical (unpaired) electrons. The largest absolute Gasteiger partial charge is 0.296 e. The molecule has 0 fully saturated rings. The van der Waals surface area contributed by atoms with Gasteiger partial charge in [-0.05, 0) is 43.3 Å². The van der Waals surface area contributed by atoms with Crippen LogP contribution in [-0.2, 0) is 0 Å². The summed E-state index contributed by atoms with van der Waals surface area (Å²) in [7, 11) is 0. The zero-order chi connectivity index (χ0) is 14.8. The lowest BCUT2D eigenvalue weighted by Crippen LogP contribution is -2.00. The van der Waals surface area contributed by atoms with Gasteiger partial charge in [-0.1, -0.05) is 22.9 Å². The molecule has 0 amide bonds. The Morgan fingerprint density at radius 2 is 1.71 bits per heavy atom. The van der Waals surface area contributed by atoms with E-state index >= 15 is 0 Å². The van der Waals surface area contributed by atoms with E-state index in [1.807, 2.05) is 31.2 Å². The van der Waals surface area contributed by atoms with Crippen LogP contribution < -0.4 is 0 Å². The molecule has 0 atom stereocenters. The molecule has 3 aromatic rings. The second-order valence-corrected chi connectivity index (χ2v) is 4.70. The van der Waals surface area contributed by atoms with Crippen molar-refractivity contribution < 1.29 is 9.18 Å². The molecular weight excluding hydrogens is 269 g/mol. The van der Waals surface area contributed by atoms with Crippen molar-refractivity contribution in [2.75, 3.05) is 0 Å². The third kappa shape index (κ3) is 2.45. The van der Waals surface area contributed by atoms with E-state index in [2.05, 4.69) is 10.3 Å². The van der Waals surface area contributed by atoms with E-state index in [-0.39, 0.29) is 11.5 Å². The van der Waals surface area contributed by atoms with Crippen LogP contribution in [0.3, 0.4) is 0 Å². The lowest BCUT2D eigenvalue weighted by molar-refractivity contribution is 0.111. The van der Waals surface area contributed by atoms with Gasteiger partial charge in [0.15, 0.2) is 12.0 Å². The summed E-state index contributed by atoms with van der Waals surface area (Å²) < 4.78 is 14.7. The molecule has 4 nitrogen and oxygen atoms in total. The van der Waals surface area contributed by atoms with E-state index in [1.165, 1.54) is 12.1 Å². The molecular formula is C16H12FN3O. The van der Waals surface area contributed by atoms with Crippen LogP contribution in [0.1, 0.15) is 16.1 Å². The molecule has 0 saturated carbocycles. The number of carbonyl (C=O) groups is 1. The highest BCUT2D eigenvalue weighted by molar-refractivity contribution is 5.83. The maximum absolute atomic E-state index is 13.1. The summed E-state index contributed by atoms with van der Waals surface area (Å²) in [6, 6.07) is 13.6. The van der Waals surface area contributed by atoms with Crippen LogP contribution in [0.25, 0.3) is 16.9 Å². The first-order chi connectivity index (χ1) is 10.2. The molecule has 0 aliphatic carbocycles. The average molecular weight is 281 g/mol. The first-order valence-electron chi connectivity index (χ1n) is 6.43. The topological polar surface area (TPSA) is 47.8 Å². The lowest BCUT2D eigenvalue weighted by atomic mass is 10.1. The summed E-state index contributed by atoms with van der Waals surface area (Å²) in [6.45, 7) is 1.99. The fourth-order valence-corrected chi connectivity index (χ4v) is 2.12. The summed E-state index contributed by atoms with van der Waals surface area (Å²) in [6.07, 6.45) is 0.649. The highest BCUT2D eigenvalue weighted by Gasteiger charge is 2.15. The summed E-state index contributed by atoms with van der Waals surface area (Å²) in [5, 5.41) is 7.91. The van der Waals surface area contributed by atoms with Crippen LogP contribution in [0.2, 0.25) is 0 Å². The third-order valence-electron chi connectivity index (χ3n) is 3.20. The first-order valence-corrected chi connectivity index (χ1v) is 6.43. The number of rotatable bonds is 3. The second-order valence-electron chi connectivity index (χ2n) is 4.70. The minimum absolute atomic E-state index is 0.224. The van der Waals surface area contributed by atoms with Crippen LogP contribution >= 0.6 is 0 Å². The van der Waals surface area contributed by atoms with E-state index in [0.717, 1.165) is 11.3 Å². The molecule has 21 heavy (non-hydrogen) atoms. The quantitative estimate of drug-likeness (QED) is 0.693. The van der Waals surface area contributed by atoms with Crippen molar-refractivity contribution in [1.82, 2.24) is 15.0 Å². The van der Waals surface area contributed by atoms with Crippen LogP contribution in [0, 0.1) is 12.7 Å². The molecule has 0 aliphatic heterocycles. The van der Waals surface area contributed by atoms with Crippen molar-refractivity contribution in [2.24, 2.45) is 0 Å². The average Bonchev–Trinajstić information content (AvgIpc) is 2.93. The maximum atomic E-state index is 13.1. The number of aldehydes is 1. The molecule has 5 heteroatoms. The fourth-order valence-electron chi connectivity index (χ4n) is 2.12. The Morgan fingerprint density at radius 3 is 2.33 bits per heavy atom. The highest BCUT2D eigenvalue weighted by atomic mass is 19.1. The number of hydrogen-bond donors (Lipinski definition) is 0. The van der Waals surface area contributed by atoms with Gasteiger partial charge in [0, 0.05) is 5.56 Å². The van der Waals surface area contributed by atoms with Crippen molar-refractivity contribution >= 4 is 6.29 Å². The van der Waals surface area contributed by atoms with Gasteiger partial charge in [-0.3, -0.25) is 4.79 Å². The Kier molecular flexibility index (Phi) is 3.31. The maximum Gasteiger partial charge on any atom is 0.172 e. The number of aryl methyl sites for hydroxylation is 1. The molecule has 0 unspecified atom stereocenters. The van der Waals surface area contributed by atoms with Gasteiger partial charge in [0.25, 0.3) is 0 Å². The Morgan fingerprint density at radius 1 is 1.05 bits per heavy atom. The smallest absolute Gasteiger partial charge is 0.172 e. The summed E-state index contributed by atoms with van der Waals surface area (Å²) >= 11 is 0. The van der Waals surface area contributed by atoms with Crippen molar-refractivity contribution in [3.63, 3.8) is 0 Å². The summed E-state index contributed by atoms with van der Waals surface area (Å²) in [4.78, 5) is 11.2. The first kappa shape index (κ1) is 13.2. The van der Waals surface area contributed by atoms with Crippen molar-refractivity contribution in [3.8, 4) is 16.9 Å². The van der Waals surface area contributed by atoms with Gasteiger partial charge in [-0.25, -0.2) is 9.07 Å². The van der Waals surface area contributed by atoms with E-state index in [1.54, 1.807) is 16.8 Å². The van der Waals surface area contributed by atoms with Gasteiger partial charge in [0.05, 0.1) is 5.69 Å². The van der Waals surface area contributed by atoms with Crippen molar-refractivity contribution in [2.45, 2.75) is 6.92 Å². The molecule has 3 rings (SSSR count). The van der Waals surface area contributed by atoms with Gasteiger partial charge in [0.1, 0.15) is 11.5 Å². The zero-order valence-electron chi connectivity index (χ0n) is 11.3. The molecule has 2 aromatic carbocycles. The van der Waals surface area contributed by atoms with E-state index in [0.29, 0.717) is 17.5 Å². The minimum atomic E-state index is -0.333. The van der Waals surface area contributed by atoms with Crippen LogP contribution in [0.4, 0.5) is 4.39 Å². The van der Waals surface area contributed by atoms with Gasteiger partial charge < -0.3 is 0 Å². The molecule has 0 aliphatic rings. The number of hydrogen-bond acceptors (Lipinski definition) is 3. The van der Waals surface area contributed by atoms with E-state index < -0.39 is 0 Å². The molecule has 104 valence electrons. The normalized spacial score (nSPS) is 10.6. The summed E-state index contributed by atoms with van der Waals surface area (Å²) in [5.41, 5.74) is 3.37. The molecule has 0 saturated heterocycles. The van der Waals surface area contributed by atoms with Gasteiger partial charge >= 0.3 is 0 Å². The molecule has 0 N–H and O–H groups in total. The van der Waals surface area contributed by atoms with Crippen LogP contribution in [0.5, 0.6) is 0 Å². The molecule has 1 heterocycles. The summed E-state index contributed by atoms with van der Waals surface area (Å²) in [5.74, 6) is -0.333. The van der Waals surface area contributed by atoms with Crippen molar-refractivity contribution in [3.05, 3.63) is 65.6 Å². The number of carbonyl (C=O) groups excluding carboxylic acids is 1. The Hall–Kier alpha value is -2.82. The fraction of sp³-hybridized carbons (Fsp3) is 0.0625. The second kappa shape index (κ2) is 5.28. The number of halogens is 1. The molecule has 1 aromatic heterocycles. The van der Waals surface area contributed by atoms with Gasteiger partial charge in [0.2, 0.25) is 0 Å². The number of nitrogens with zero attached hydrogens (tertiary/aromatic N) is 3. The Bertz CT molecular complexity index is 776. The van der Waals surface area contributed by atoms with Gasteiger partial charge in [-0.2, -0.15) is 0 Å². The molecule has 0 spiro atoms. The van der Waals surface area contributed by atoms with E-state index in [9.17, 15) is 9.18 Å². The lowest BCUT2D eigenvalue weighted by Gasteiger charge is -2.07. The Labute approximate surface area is 120 Å². The molecule has 0 bridgehead atoms. The zero-order valence-corrected chi connectivity index (χ0v) is 11.3. The predicted octanol–water partition coefficient (Wildman–Crippen LogP) is 3.19. The Balaban J connectivity index is 2.18. The van der Waals surface area contributed by atoms with Crippen LogP contribution in [-0.4, -0.2) is 21.3 Å². The SMILES string of the molecule is Cc1ccc(-n2nnc(C=O)c2-c2ccc(F)cc2)cc1. The number of aromatic nitrogens is 3. The standard InChI is InChI=1S/C16H12FN3O/c1-11-2-8-14(9-3-11)20-16(15(10-21)18-19-20)12-4-6-13(17)7-5-12/h2-10H,1H3. The van der Waals surface area contributed by atoms with Gasteiger partial charge in [-0.15, -0.1) is 5.10 Å². The van der Waals surface area contributed by atoms with Crippen molar-refractivity contribution in [1.29, 1.82) is 0 Å². The van der Waals surface area contributed by atoms with Crippen LogP contribution in [0.15, 0.2) is 48.5 Å². The predicted molar refractivity (Wildman–Crippen MR) is 76.9 cm³/mol. The highest BCUT2D eigenvalue weighted by Crippen LogP contribution is 2.24. The monoisotopic (exact) mass is 281 g/mol.